The topological polar surface area (TPSA) is 32.5 Å². The lowest BCUT2D eigenvalue weighted by Crippen LogP contribution is -2.36. The van der Waals surface area contributed by atoms with Gasteiger partial charge in [-0.25, -0.2) is 9.99 Å². The molecule has 1 aromatic carbocycles. The van der Waals surface area contributed by atoms with E-state index in [4.69, 9.17) is 8.53 Å². The number of furan rings is 1. The maximum absolute atomic E-state index is 7.72. The summed E-state index contributed by atoms with van der Waals surface area (Å²) in [5.74, 6) is 0. The van der Waals surface area contributed by atoms with E-state index >= 15 is 0 Å². The number of hydrogen-bond donors (Lipinski definition) is 0. The molecule has 0 saturated heterocycles. The second kappa shape index (κ2) is 4.58. The smallest absolute Gasteiger partial charge is 0.227 e. The van der Waals surface area contributed by atoms with E-state index in [0.717, 1.165) is 33.3 Å². The molecule has 0 bridgehead atoms. The van der Waals surface area contributed by atoms with Crippen LogP contribution in [0.1, 0.15) is 22.2 Å². The number of hydrogen-bond acceptors (Lipinski definition) is 4. The second-order valence-electron chi connectivity index (χ2n) is 5.72. The monoisotopic (exact) mass is 296 g/mol. The Bertz CT molecular complexity index is 1010. The van der Waals surface area contributed by atoms with Gasteiger partial charge < -0.3 is 4.42 Å². The van der Waals surface area contributed by atoms with Crippen LogP contribution in [0.4, 0.5) is 5.69 Å². The Hall–Kier alpha value is -2.33. The van der Waals surface area contributed by atoms with Crippen LogP contribution < -0.4 is 5.01 Å². The van der Waals surface area contributed by atoms with Gasteiger partial charge in [0.25, 0.3) is 0 Å². The van der Waals surface area contributed by atoms with Crippen molar-refractivity contribution in [2.24, 2.45) is 0 Å². The number of aromatic nitrogens is 1. The summed E-state index contributed by atoms with van der Waals surface area (Å²) in [7, 11) is 1.78. The molecule has 0 N–H and O–H groups in total. The summed E-state index contributed by atoms with van der Waals surface area (Å²) in [6.45, 7) is 1.83. The lowest BCUT2D eigenvalue weighted by atomic mass is 10.1. The molecule has 1 atom stereocenters. The maximum Gasteiger partial charge on any atom is 0.227 e. The minimum absolute atomic E-state index is 0.597. The molecule has 1 unspecified atom stereocenters. The molecule has 3 heterocycles. The van der Waals surface area contributed by atoms with Gasteiger partial charge >= 0.3 is 0 Å². The molecule has 2 aromatic heterocycles. The largest absolute Gasteiger partial charge is 0.435 e. The number of nitrogens with zero attached hydrogens (tertiary/aromatic N) is 3. The van der Waals surface area contributed by atoms with Crippen molar-refractivity contribution in [2.75, 3.05) is 12.1 Å². The Morgan fingerprint density at radius 3 is 2.77 bits per heavy atom. The number of fused-ring (bicyclic) bond motifs is 3. The highest BCUT2D eigenvalue weighted by molar-refractivity contribution is 6.08. The molecular formula is C18H19N3O. The van der Waals surface area contributed by atoms with Gasteiger partial charge in [-0.2, -0.15) is 0 Å². The van der Waals surface area contributed by atoms with Crippen LogP contribution in [0.15, 0.2) is 41.0 Å². The van der Waals surface area contributed by atoms with Crippen LogP contribution in [-0.4, -0.2) is 23.1 Å². The fourth-order valence-electron chi connectivity index (χ4n) is 2.94. The molecule has 0 fully saturated rings. The Morgan fingerprint density at radius 2 is 2.00 bits per heavy atom. The molecule has 22 heavy (non-hydrogen) atoms. The van der Waals surface area contributed by atoms with Crippen LogP contribution in [0.5, 0.6) is 0 Å². The van der Waals surface area contributed by atoms with E-state index in [1.165, 1.54) is 0 Å². The molecular weight excluding hydrogens is 274 g/mol. The zero-order valence-corrected chi connectivity index (χ0v) is 12.8. The van der Waals surface area contributed by atoms with E-state index in [9.17, 15) is 0 Å². The number of likely N-dealkylation sites (N-methyl/N-ethyl adjacent to an activating group) is 1. The first-order valence-electron chi connectivity index (χ1n) is 8.77. The molecule has 0 amide bonds. The number of pyridine rings is 1. The van der Waals surface area contributed by atoms with Gasteiger partial charge in [0.2, 0.25) is 5.71 Å². The predicted molar refractivity (Wildman–Crippen MR) is 89.8 cm³/mol. The normalized spacial score (nSPS) is 21.5. The number of rotatable bonds is 1. The third-order valence-electron chi connectivity index (χ3n) is 4.20. The van der Waals surface area contributed by atoms with Crippen LogP contribution in [0, 0.1) is 13.8 Å². The fraction of sp³-hybridized carbons (Fsp3) is 0.278. The van der Waals surface area contributed by atoms with Gasteiger partial charge in [-0.1, -0.05) is 12.1 Å². The number of benzene rings is 1. The molecule has 0 radical (unpaired) electrons. The highest BCUT2D eigenvalue weighted by Crippen LogP contribution is 2.38. The Labute approximate surface area is 133 Å². The van der Waals surface area contributed by atoms with Crippen molar-refractivity contribution in [3.8, 4) is 0 Å². The summed E-state index contributed by atoms with van der Waals surface area (Å²) in [5, 5.41) is 5.51. The quantitative estimate of drug-likeness (QED) is 0.675. The third kappa shape index (κ3) is 1.77. The third-order valence-corrected chi connectivity index (χ3v) is 4.20. The molecule has 4 heteroatoms. The first-order valence-corrected chi connectivity index (χ1v) is 7.27. The van der Waals surface area contributed by atoms with Gasteiger partial charge in [0.1, 0.15) is 5.69 Å². The highest BCUT2D eigenvalue weighted by atomic mass is 16.3. The molecule has 0 saturated carbocycles. The van der Waals surface area contributed by atoms with Crippen molar-refractivity contribution in [3.05, 3.63) is 47.8 Å². The Kier molecular flexibility index (Phi) is 2.17. The lowest BCUT2D eigenvalue weighted by molar-refractivity contribution is 0.321. The van der Waals surface area contributed by atoms with Crippen molar-refractivity contribution < 1.29 is 8.53 Å². The summed E-state index contributed by atoms with van der Waals surface area (Å²) in [6.07, 6.45) is 3.50. The predicted octanol–water partition coefficient (Wildman–Crippen LogP) is 4.17. The van der Waals surface area contributed by atoms with Gasteiger partial charge in [0, 0.05) is 39.9 Å². The Morgan fingerprint density at radius 1 is 1.18 bits per heavy atom. The minimum atomic E-state index is -2.09. The summed E-state index contributed by atoms with van der Waals surface area (Å²) in [6, 6.07) is 7.36. The molecule has 4 rings (SSSR count). The summed E-state index contributed by atoms with van der Waals surface area (Å²) in [5.41, 5.74) is 4.06. The zero-order valence-electron chi connectivity index (χ0n) is 15.8. The SMILES string of the molecule is [2H]C([2H])([2H])C1C=CN(c2c(C)ccc3c2oc2nc(C)ccc23)N1C. The molecule has 4 nitrogen and oxygen atoms in total. The summed E-state index contributed by atoms with van der Waals surface area (Å²) < 4.78 is 29.2. The fourth-order valence-corrected chi connectivity index (χ4v) is 2.94. The van der Waals surface area contributed by atoms with E-state index < -0.39 is 12.9 Å². The van der Waals surface area contributed by atoms with Crippen LogP contribution in [0.2, 0.25) is 0 Å². The molecule has 0 spiro atoms. The van der Waals surface area contributed by atoms with E-state index in [1.807, 2.05) is 43.1 Å². The van der Waals surface area contributed by atoms with Crippen molar-refractivity contribution in [1.29, 1.82) is 0 Å². The van der Waals surface area contributed by atoms with Crippen LogP contribution >= 0.6 is 0 Å². The van der Waals surface area contributed by atoms with E-state index in [2.05, 4.69) is 4.98 Å². The van der Waals surface area contributed by atoms with Crippen molar-refractivity contribution >= 4 is 27.8 Å². The minimum Gasteiger partial charge on any atom is -0.435 e. The summed E-state index contributed by atoms with van der Waals surface area (Å²) in [4.78, 5) is 4.48. The van der Waals surface area contributed by atoms with Crippen LogP contribution in [-0.2, 0) is 0 Å². The van der Waals surface area contributed by atoms with Gasteiger partial charge in [-0.15, -0.1) is 0 Å². The number of anilines is 1. The molecule has 1 aliphatic rings. The zero-order chi connectivity index (χ0) is 17.9. The van der Waals surface area contributed by atoms with Crippen molar-refractivity contribution in [2.45, 2.75) is 26.7 Å². The van der Waals surface area contributed by atoms with Crippen molar-refractivity contribution in [3.63, 3.8) is 0 Å². The van der Waals surface area contributed by atoms with E-state index in [0.29, 0.717) is 5.71 Å². The maximum atomic E-state index is 7.72. The average Bonchev–Trinajstić information content (AvgIpc) is 3.07. The first kappa shape index (κ1) is 10.4. The second-order valence-corrected chi connectivity index (χ2v) is 5.72. The van der Waals surface area contributed by atoms with Crippen LogP contribution in [0.25, 0.3) is 22.1 Å². The molecule has 112 valence electrons. The van der Waals surface area contributed by atoms with E-state index in [-0.39, 0.29) is 0 Å². The Balaban J connectivity index is 1.92. The first-order chi connectivity index (χ1) is 11.8. The molecule has 0 aliphatic carbocycles. The standard InChI is InChI=1S/C18H19N3O/c1-11-5-7-14-15-8-6-12(2)19-18(15)22-17(14)16(11)21-10-9-13(3)20(21)4/h5-10,13H,1-4H3/i3D3. The van der Waals surface area contributed by atoms with Gasteiger partial charge in [-0.05, 0) is 44.5 Å². The highest BCUT2D eigenvalue weighted by Gasteiger charge is 2.25. The molecule has 3 aromatic rings. The van der Waals surface area contributed by atoms with Gasteiger partial charge in [-0.3, -0.25) is 5.01 Å². The number of aryl methyl sites for hydroxylation is 2. The van der Waals surface area contributed by atoms with Crippen LogP contribution in [0.3, 0.4) is 0 Å². The summed E-state index contributed by atoms with van der Waals surface area (Å²) >= 11 is 0. The van der Waals surface area contributed by atoms with E-state index in [1.54, 1.807) is 24.3 Å². The van der Waals surface area contributed by atoms with Gasteiger partial charge in [0.15, 0.2) is 5.58 Å². The lowest BCUT2D eigenvalue weighted by Gasteiger charge is -2.29. The average molecular weight is 296 g/mol. The molecule has 1 aliphatic heterocycles. The number of hydrazine groups is 1. The van der Waals surface area contributed by atoms with Gasteiger partial charge in [0.05, 0.1) is 0 Å². The van der Waals surface area contributed by atoms with Crippen molar-refractivity contribution in [1.82, 2.24) is 9.99 Å².